The number of aliphatic hydroxyl groups excluding tert-OH is 1. The molecule has 0 aliphatic carbocycles. The first-order valence-corrected chi connectivity index (χ1v) is 6.07. The first kappa shape index (κ1) is 12.2. The Balaban J connectivity index is 2.33. The van der Waals surface area contributed by atoms with Crippen molar-refractivity contribution in [3.63, 3.8) is 0 Å². The molecule has 0 saturated carbocycles. The zero-order valence-corrected chi connectivity index (χ0v) is 10.7. The van der Waals surface area contributed by atoms with Gasteiger partial charge in [0.2, 0.25) is 0 Å². The minimum Gasteiger partial charge on any atom is -0.382 e. The van der Waals surface area contributed by atoms with Gasteiger partial charge in [0.1, 0.15) is 6.10 Å². The maximum Gasteiger partial charge on any atom is 0.119 e. The molecule has 0 aliphatic rings. The summed E-state index contributed by atoms with van der Waals surface area (Å²) in [4.78, 5) is 0. The highest BCUT2D eigenvalue weighted by Crippen LogP contribution is 2.25. The number of benzene rings is 1. The lowest BCUT2D eigenvalue weighted by atomic mass is 10.1. The smallest absolute Gasteiger partial charge is 0.119 e. The number of rotatable bonds is 3. The lowest BCUT2D eigenvalue weighted by Crippen LogP contribution is -2.09. The van der Waals surface area contributed by atoms with Crippen LogP contribution in [0.15, 0.2) is 42.6 Å². The fraction of sp³-hybridized carbons (Fsp3) is 0.286. The van der Waals surface area contributed by atoms with Crippen molar-refractivity contribution in [2.75, 3.05) is 0 Å². The normalized spacial score (nSPS) is 13.0. The van der Waals surface area contributed by atoms with E-state index in [1.165, 1.54) is 0 Å². The predicted octanol–water partition coefficient (Wildman–Crippen LogP) is 3.80. The van der Waals surface area contributed by atoms with Gasteiger partial charge in [-0.2, -0.15) is 0 Å². The van der Waals surface area contributed by atoms with Gasteiger partial charge in [0.05, 0.1) is 5.69 Å². The summed E-state index contributed by atoms with van der Waals surface area (Å²) < 4.78 is 2.07. The number of nitrogens with zero attached hydrogens (tertiary/aromatic N) is 1. The summed E-state index contributed by atoms with van der Waals surface area (Å²) in [6.07, 6.45) is 1.38. The molecule has 0 amide bonds. The zero-order chi connectivity index (χ0) is 12.4. The largest absolute Gasteiger partial charge is 0.382 e. The maximum atomic E-state index is 10.3. The maximum absolute atomic E-state index is 10.3. The lowest BCUT2D eigenvalue weighted by molar-refractivity contribution is 0.208. The summed E-state index contributed by atoms with van der Waals surface area (Å²) in [5.74, 6) is 0. The molecule has 0 aliphatic heterocycles. The molecule has 0 saturated heterocycles. The fourth-order valence-electron chi connectivity index (χ4n) is 1.92. The molecule has 1 aromatic heterocycles. The Hall–Kier alpha value is -1.25. The van der Waals surface area contributed by atoms with Crippen molar-refractivity contribution in [1.82, 2.24) is 4.57 Å². The summed E-state index contributed by atoms with van der Waals surface area (Å²) >= 11 is 5.84. The van der Waals surface area contributed by atoms with E-state index in [1.807, 2.05) is 30.5 Å². The van der Waals surface area contributed by atoms with Crippen LogP contribution in [-0.2, 0) is 0 Å². The van der Waals surface area contributed by atoms with E-state index in [1.54, 1.807) is 12.1 Å². The SMILES string of the molecule is CC(C)n1cccc1C(O)c1ccc(Cl)cc1. The van der Waals surface area contributed by atoms with E-state index in [9.17, 15) is 5.11 Å². The Labute approximate surface area is 106 Å². The fourth-order valence-corrected chi connectivity index (χ4v) is 2.05. The highest BCUT2D eigenvalue weighted by molar-refractivity contribution is 6.30. The van der Waals surface area contributed by atoms with Gasteiger partial charge in [0.15, 0.2) is 0 Å². The molecule has 1 unspecified atom stereocenters. The molecule has 3 heteroatoms. The van der Waals surface area contributed by atoms with Crippen LogP contribution in [0, 0.1) is 0 Å². The molecule has 17 heavy (non-hydrogen) atoms. The monoisotopic (exact) mass is 249 g/mol. The van der Waals surface area contributed by atoms with Crippen molar-refractivity contribution >= 4 is 11.6 Å². The molecule has 0 bridgehead atoms. The third-order valence-electron chi connectivity index (χ3n) is 2.83. The Morgan fingerprint density at radius 2 is 1.76 bits per heavy atom. The van der Waals surface area contributed by atoms with Crippen LogP contribution in [0.1, 0.15) is 37.3 Å². The quantitative estimate of drug-likeness (QED) is 0.879. The summed E-state index contributed by atoms with van der Waals surface area (Å²) in [6.45, 7) is 4.19. The van der Waals surface area contributed by atoms with Gasteiger partial charge >= 0.3 is 0 Å². The number of hydrogen-bond donors (Lipinski definition) is 1. The van der Waals surface area contributed by atoms with Crippen LogP contribution in [0.3, 0.4) is 0 Å². The van der Waals surface area contributed by atoms with Gasteiger partial charge in [-0.15, -0.1) is 0 Å². The van der Waals surface area contributed by atoms with Crippen molar-refractivity contribution < 1.29 is 5.11 Å². The lowest BCUT2D eigenvalue weighted by Gasteiger charge is -2.17. The number of hydrogen-bond acceptors (Lipinski definition) is 1. The number of halogens is 1. The number of aliphatic hydroxyl groups is 1. The van der Waals surface area contributed by atoms with Crippen LogP contribution in [0.2, 0.25) is 5.02 Å². The van der Waals surface area contributed by atoms with E-state index in [4.69, 9.17) is 11.6 Å². The first-order chi connectivity index (χ1) is 8.09. The molecule has 2 rings (SSSR count). The molecular formula is C14H16ClNO. The second kappa shape index (κ2) is 4.94. The molecule has 0 radical (unpaired) electrons. The minimum absolute atomic E-state index is 0.335. The van der Waals surface area contributed by atoms with Crippen LogP contribution in [0.5, 0.6) is 0 Å². The van der Waals surface area contributed by atoms with Crippen molar-refractivity contribution in [3.05, 3.63) is 58.9 Å². The van der Waals surface area contributed by atoms with Crippen LogP contribution in [0.4, 0.5) is 0 Å². The van der Waals surface area contributed by atoms with Crippen LogP contribution >= 0.6 is 11.6 Å². The Bertz CT molecular complexity index is 487. The molecular weight excluding hydrogens is 234 g/mol. The van der Waals surface area contributed by atoms with Gasteiger partial charge in [-0.1, -0.05) is 23.7 Å². The number of aromatic nitrogens is 1. The van der Waals surface area contributed by atoms with Gasteiger partial charge < -0.3 is 9.67 Å². The summed E-state index contributed by atoms with van der Waals surface area (Å²) in [6, 6.07) is 11.5. The third kappa shape index (κ3) is 2.54. The van der Waals surface area contributed by atoms with E-state index >= 15 is 0 Å². The van der Waals surface area contributed by atoms with Crippen molar-refractivity contribution in [1.29, 1.82) is 0 Å². The van der Waals surface area contributed by atoms with E-state index in [-0.39, 0.29) is 0 Å². The van der Waals surface area contributed by atoms with Crippen LogP contribution < -0.4 is 0 Å². The second-order valence-electron chi connectivity index (χ2n) is 4.39. The van der Waals surface area contributed by atoms with E-state index in [0.717, 1.165) is 11.3 Å². The first-order valence-electron chi connectivity index (χ1n) is 5.70. The molecule has 1 atom stereocenters. The van der Waals surface area contributed by atoms with Gasteiger partial charge in [-0.25, -0.2) is 0 Å². The predicted molar refractivity (Wildman–Crippen MR) is 70.3 cm³/mol. The molecule has 0 spiro atoms. The van der Waals surface area contributed by atoms with Crippen molar-refractivity contribution in [2.45, 2.75) is 26.0 Å². The molecule has 0 fully saturated rings. The van der Waals surface area contributed by atoms with E-state index in [0.29, 0.717) is 11.1 Å². The third-order valence-corrected chi connectivity index (χ3v) is 3.09. The Morgan fingerprint density at radius 3 is 2.35 bits per heavy atom. The molecule has 1 aromatic carbocycles. The van der Waals surface area contributed by atoms with Crippen molar-refractivity contribution in [3.8, 4) is 0 Å². The van der Waals surface area contributed by atoms with Crippen LogP contribution in [-0.4, -0.2) is 9.67 Å². The summed E-state index contributed by atoms with van der Waals surface area (Å²) in [5, 5.41) is 11.0. The van der Waals surface area contributed by atoms with Gasteiger partial charge in [-0.3, -0.25) is 0 Å². The molecule has 90 valence electrons. The summed E-state index contributed by atoms with van der Waals surface area (Å²) in [5.41, 5.74) is 1.76. The average Bonchev–Trinajstić information content (AvgIpc) is 2.78. The Kier molecular flexibility index (Phi) is 3.55. The highest BCUT2D eigenvalue weighted by Gasteiger charge is 2.15. The molecule has 1 heterocycles. The minimum atomic E-state index is -0.607. The van der Waals surface area contributed by atoms with Gasteiger partial charge in [-0.05, 0) is 43.7 Å². The molecule has 2 nitrogen and oxygen atoms in total. The summed E-state index contributed by atoms with van der Waals surface area (Å²) in [7, 11) is 0. The average molecular weight is 250 g/mol. The molecule has 2 aromatic rings. The second-order valence-corrected chi connectivity index (χ2v) is 4.82. The van der Waals surface area contributed by atoms with E-state index < -0.39 is 6.10 Å². The van der Waals surface area contributed by atoms with Gasteiger partial charge in [0.25, 0.3) is 0 Å². The van der Waals surface area contributed by atoms with E-state index in [2.05, 4.69) is 18.4 Å². The van der Waals surface area contributed by atoms with Crippen LogP contribution in [0.25, 0.3) is 0 Å². The topological polar surface area (TPSA) is 25.2 Å². The standard InChI is InChI=1S/C14H16ClNO/c1-10(2)16-9-3-4-13(16)14(17)11-5-7-12(15)8-6-11/h3-10,14,17H,1-2H3. The molecule has 1 N–H and O–H groups in total. The highest BCUT2D eigenvalue weighted by atomic mass is 35.5. The Morgan fingerprint density at radius 1 is 1.12 bits per heavy atom. The zero-order valence-electron chi connectivity index (χ0n) is 9.97. The van der Waals surface area contributed by atoms with Crippen molar-refractivity contribution in [2.24, 2.45) is 0 Å². The van der Waals surface area contributed by atoms with Gasteiger partial charge in [0, 0.05) is 17.3 Å².